The summed E-state index contributed by atoms with van der Waals surface area (Å²) >= 11 is 0. The molecular weight excluding hydrogens is 520 g/mol. The number of carbonyl (C=O) groups excluding carboxylic acids is 2. The van der Waals surface area contributed by atoms with Gasteiger partial charge in [0.1, 0.15) is 18.3 Å². The molecule has 0 unspecified atom stereocenters. The van der Waals surface area contributed by atoms with Crippen molar-refractivity contribution in [1.29, 1.82) is 0 Å². The summed E-state index contributed by atoms with van der Waals surface area (Å²) in [6.07, 6.45) is 3.32. The number of fused-ring (bicyclic) bond motifs is 6. The number of hydrogen-bond acceptors (Lipinski definition) is 10. The molecule has 3 saturated heterocycles. The van der Waals surface area contributed by atoms with Gasteiger partial charge in [0.15, 0.2) is 0 Å². The molecule has 0 aromatic carbocycles. The van der Waals surface area contributed by atoms with E-state index in [-0.39, 0.29) is 49.7 Å². The zero-order valence-corrected chi connectivity index (χ0v) is 23.8. The summed E-state index contributed by atoms with van der Waals surface area (Å²) in [4.78, 5) is 25.7. The second kappa shape index (κ2) is 13.4. The Morgan fingerprint density at radius 3 is 2.42 bits per heavy atom. The Hall–Kier alpha value is -1.82. The van der Waals surface area contributed by atoms with Gasteiger partial charge in [-0.15, -0.1) is 0 Å². The van der Waals surface area contributed by atoms with Gasteiger partial charge in [-0.05, 0) is 50.4 Å². The van der Waals surface area contributed by atoms with Crippen molar-refractivity contribution in [2.75, 3.05) is 0 Å². The molecule has 40 heavy (non-hydrogen) atoms. The van der Waals surface area contributed by atoms with Crippen LogP contribution in [-0.4, -0.2) is 92.9 Å². The van der Waals surface area contributed by atoms with Crippen molar-refractivity contribution in [3.05, 3.63) is 24.3 Å². The third-order valence-electron chi connectivity index (χ3n) is 8.72. The fraction of sp³-hybridized carbons (Fsp3) is 0.800. The lowest BCUT2D eigenvalue weighted by molar-refractivity contribution is -0.194. The topological polar surface area (TPSA) is 152 Å². The molecule has 0 aromatic heterocycles. The molecule has 12 atom stereocenters. The molecule has 0 saturated carbocycles. The maximum absolute atomic E-state index is 13.1. The molecular formula is C30H46O10. The van der Waals surface area contributed by atoms with Gasteiger partial charge in [-0.25, -0.2) is 4.79 Å². The number of allylic oxidation sites excluding steroid dienone is 3. The van der Waals surface area contributed by atoms with Crippen molar-refractivity contribution in [1.82, 2.24) is 0 Å². The van der Waals surface area contributed by atoms with Gasteiger partial charge in [-0.3, -0.25) is 4.79 Å². The van der Waals surface area contributed by atoms with Gasteiger partial charge in [0.05, 0.1) is 36.6 Å². The summed E-state index contributed by atoms with van der Waals surface area (Å²) in [5.41, 5.74) is -2.55. The lowest BCUT2D eigenvalue weighted by Gasteiger charge is -2.38. The fourth-order valence-electron chi connectivity index (χ4n) is 6.46. The van der Waals surface area contributed by atoms with Crippen molar-refractivity contribution in [3.8, 4) is 0 Å². The van der Waals surface area contributed by atoms with Gasteiger partial charge in [0, 0.05) is 19.3 Å². The SMILES string of the molecule is CCCC(=O)O[C@@H]1C[C@H]2C[C@@H](O)C[C@@H](C[C@@H](C)/C=C\C=C/C[C@H]3O[C@H](C[C@H]3C)[C@H](O)C[C@H]3OC(=O)[C@@]1(O)[C@H]3O)O2. The van der Waals surface area contributed by atoms with E-state index in [1.807, 2.05) is 18.2 Å². The number of aliphatic hydroxyl groups is 4. The minimum absolute atomic E-state index is 0.0628. The number of ether oxygens (including phenoxy) is 4. The van der Waals surface area contributed by atoms with E-state index in [1.54, 1.807) is 6.92 Å². The van der Waals surface area contributed by atoms with E-state index in [2.05, 4.69) is 19.9 Å². The smallest absolute Gasteiger partial charge is 0.345 e. The van der Waals surface area contributed by atoms with Crippen LogP contribution in [0.1, 0.15) is 78.6 Å². The number of esters is 2. The first-order chi connectivity index (χ1) is 19.0. The van der Waals surface area contributed by atoms with Crippen LogP contribution in [0, 0.1) is 11.8 Å². The highest BCUT2D eigenvalue weighted by molar-refractivity contribution is 5.84. The molecule has 0 aliphatic carbocycles. The summed E-state index contributed by atoms with van der Waals surface area (Å²) in [7, 11) is 0. The summed E-state index contributed by atoms with van der Waals surface area (Å²) in [6.45, 7) is 5.92. The summed E-state index contributed by atoms with van der Waals surface area (Å²) in [6, 6.07) is 0. The van der Waals surface area contributed by atoms with Crippen molar-refractivity contribution < 1.29 is 49.0 Å². The molecule has 3 fully saturated rings. The zero-order valence-electron chi connectivity index (χ0n) is 23.8. The molecule has 4 aliphatic heterocycles. The molecule has 0 aromatic rings. The van der Waals surface area contributed by atoms with E-state index in [4.69, 9.17) is 18.9 Å². The average molecular weight is 567 g/mol. The molecule has 0 spiro atoms. The second-order valence-corrected chi connectivity index (χ2v) is 12.2. The van der Waals surface area contributed by atoms with Crippen LogP contribution in [0.25, 0.3) is 0 Å². The Balaban J connectivity index is 1.62. The lowest BCUT2D eigenvalue weighted by Crippen LogP contribution is -2.58. The van der Waals surface area contributed by atoms with Gasteiger partial charge >= 0.3 is 11.9 Å². The molecule has 4 heterocycles. The minimum atomic E-state index is -2.55. The van der Waals surface area contributed by atoms with Gasteiger partial charge in [-0.2, -0.15) is 0 Å². The van der Waals surface area contributed by atoms with E-state index in [1.165, 1.54) is 0 Å². The van der Waals surface area contributed by atoms with Crippen LogP contribution in [0.4, 0.5) is 0 Å². The van der Waals surface area contributed by atoms with E-state index < -0.39 is 60.3 Å². The monoisotopic (exact) mass is 566 g/mol. The van der Waals surface area contributed by atoms with Crippen LogP contribution in [-0.2, 0) is 28.5 Å². The molecule has 6 bridgehead atoms. The van der Waals surface area contributed by atoms with Gasteiger partial charge in [-0.1, -0.05) is 45.1 Å². The zero-order chi connectivity index (χ0) is 29.0. The molecule has 10 heteroatoms. The normalized spacial score (nSPS) is 46.3. The molecule has 4 aliphatic rings. The molecule has 0 radical (unpaired) electrons. The largest absolute Gasteiger partial charge is 0.458 e. The molecule has 226 valence electrons. The van der Waals surface area contributed by atoms with E-state index in [0.29, 0.717) is 32.1 Å². The highest BCUT2D eigenvalue weighted by Crippen LogP contribution is 2.39. The molecule has 10 nitrogen and oxygen atoms in total. The second-order valence-electron chi connectivity index (χ2n) is 12.2. The van der Waals surface area contributed by atoms with Crippen molar-refractivity contribution in [2.45, 2.75) is 139 Å². The van der Waals surface area contributed by atoms with Crippen molar-refractivity contribution >= 4 is 11.9 Å². The fourth-order valence-corrected chi connectivity index (χ4v) is 6.46. The van der Waals surface area contributed by atoms with E-state index in [9.17, 15) is 30.0 Å². The summed E-state index contributed by atoms with van der Waals surface area (Å²) in [5, 5.41) is 44.4. The quantitative estimate of drug-likeness (QED) is 0.374. The maximum Gasteiger partial charge on any atom is 0.345 e. The van der Waals surface area contributed by atoms with Gasteiger partial charge in [0.25, 0.3) is 0 Å². The Morgan fingerprint density at radius 2 is 1.70 bits per heavy atom. The van der Waals surface area contributed by atoms with Crippen LogP contribution < -0.4 is 0 Å². The van der Waals surface area contributed by atoms with E-state index in [0.717, 1.165) is 0 Å². The highest BCUT2D eigenvalue weighted by atomic mass is 16.6. The Bertz CT molecular complexity index is 935. The maximum atomic E-state index is 13.1. The van der Waals surface area contributed by atoms with Crippen LogP contribution >= 0.6 is 0 Å². The highest BCUT2D eigenvalue weighted by Gasteiger charge is 2.63. The van der Waals surface area contributed by atoms with Crippen LogP contribution in [0.5, 0.6) is 0 Å². The predicted molar refractivity (Wildman–Crippen MR) is 144 cm³/mol. The third-order valence-corrected chi connectivity index (χ3v) is 8.72. The number of carbonyl (C=O) groups is 2. The molecule has 4 rings (SSSR count). The Labute approximate surface area is 236 Å². The molecule has 4 N–H and O–H groups in total. The molecule has 0 amide bonds. The van der Waals surface area contributed by atoms with Gasteiger partial charge in [0.2, 0.25) is 5.60 Å². The Morgan fingerprint density at radius 1 is 0.975 bits per heavy atom. The number of rotatable bonds is 3. The number of aliphatic hydroxyl groups excluding tert-OH is 3. The Kier molecular flexibility index (Phi) is 10.5. The lowest BCUT2D eigenvalue weighted by atomic mass is 9.83. The summed E-state index contributed by atoms with van der Waals surface area (Å²) < 4.78 is 23.4. The first-order valence-electron chi connectivity index (χ1n) is 14.8. The first-order valence-corrected chi connectivity index (χ1v) is 14.8. The van der Waals surface area contributed by atoms with E-state index >= 15 is 0 Å². The van der Waals surface area contributed by atoms with Crippen LogP contribution in [0.3, 0.4) is 0 Å². The third kappa shape index (κ3) is 7.14. The summed E-state index contributed by atoms with van der Waals surface area (Å²) in [5.74, 6) is -1.40. The van der Waals surface area contributed by atoms with Crippen molar-refractivity contribution in [2.24, 2.45) is 11.8 Å². The van der Waals surface area contributed by atoms with Crippen LogP contribution in [0.2, 0.25) is 0 Å². The standard InChI is InChI=1S/C30H46O10/c1-4-8-27(33)40-26-15-21-14-19(31)13-20(37-21)11-17(2)9-6-5-7-10-23-18(3)12-24(38-23)22(32)16-25-28(34)30(26,36)29(35)39-25/h5-7,9,17-26,28,31-32,34,36H,4,8,10-16H2,1-3H3/b7-5-,9-6-/t17-,18+,19-,20+,21+,22+,23+,24+,25+,26+,28-,30-/m0/s1. The van der Waals surface area contributed by atoms with Gasteiger partial charge < -0.3 is 39.4 Å². The van der Waals surface area contributed by atoms with Crippen LogP contribution in [0.15, 0.2) is 24.3 Å². The van der Waals surface area contributed by atoms with Crippen molar-refractivity contribution in [3.63, 3.8) is 0 Å². The predicted octanol–water partition coefficient (Wildman–Crippen LogP) is 2.10. The first kappa shape index (κ1) is 31.1. The average Bonchev–Trinajstić information content (AvgIpc) is 3.35. The minimum Gasteiger partial charge on any atom is -0.458 e. The number of hydrogen-bond donors (Lipinski definition) is 4.